The van der Waals surface area contributed by atoms with Gasteiger partial charge in [-0.25, -0.2) is 4.39 Å². The lowest BCUT2D eigenvalue weighted by Gasteiger charge is -2.19. The lowest BCUT2D eigenvalue weighted by Crippen LogP contribution is -2.25. The minimum Gasteiger partial charge on any atom is -0.325 e. The van der Waals surface area contributed by atoms with Crippen LogP contribution in [0.15, 0.2) is 24.3 Å². The van der Waals surface area contributed by atoms with Crippen LogP contribution >= 0.6 is 0 Å². The van der Waals surface area contributed by atoms with Gasteiger partial charge in [0.1, 0.15) is 12.0 Å². The quantitative estimate of drug-likeness (QED) is 0.754. The van der Waals surface area contributed by atoms with Crippen LogP contribution in [-0.2, 0) is 4.79 Å². The molecule has 1 aromatic carbocycles. The van der Waals surface area contributed by atoms with E-state index in [4.69, 9.17) is 0 Å². The van der Waals surface area contributed by atoms with Gasteiger partial charge in [-0.05, 0) is 24.6 Å². The fourth-order valence-electron chi connectivity index (χ4n) is 1.82. The highest BCUT2D eigenvalue weighted by atomic mass is 19.1. The van der Waals surface area contributed by atoms with Crippen LogP contribution in [0.3, 0.4) is 0 Å². The molecule has 15 heavy (non-hydrogen) atoms. The summed E-state index contributed by atoms with van der Waals surface area (Å²) in [6.07, 6.45) is -0.145. The number of nitrogens with zero attached hydrogens (tertiary/aromatic N) is 1. The summed E-state index contributed by atoms with van der Waals surface area (Å²) in [5.41, 5.74) is 0.900. The largest absolute Gasteiger partial charge is 0.325 e. The van der Waals surface area contributed by atoms with Crippen molar-refractivity contribution in [1.29, 1.82) is 0 Å². The smallest absolute Gasteiger partial charge is 0.240 e. The van der Waals surface area contributed by atoms with Crippen molar-refractivity contribution in [1.82, 2.24) is 10.2 Å². The second kappa shape index (κ2) is 3.62. The Labute approximate surface area is 87.9 Å². The van der Waals surface area contributed by atoms with Crippen LogP contribution in [0.4, 0.5) is 4.39 Å². The first-order valence-corrected chi connectivity index (χ1v) is 4.88. The first kappa shape index (κ1) is 10.1. The Bertz CT molecular complexity index is 377. The molecule has 2 atom stereocenters. The van der Waals surface area contributed by atoms with Gasteiger partial charge in [-0.15, -0.1) is 0 Å². The van der Waals surface area contributed by atoms with E-state index in [0.717, 1.165) is 5.56 Å². The summed E-state index contributed by atoms with van der Waals surface area (Å²) in [6.45, 7) is 1.82. The highest BCUT2D eigenvalue weighted by Crippen LogP contribution is 2.23. The first-order chi connectivity index (χ1) is 7.09. The zero-order valence-electron chi connectivity index (χ0n) is 8.70. The Hall–Kier alpha value is -1.42. The van der Waals surface area contributed by atoms with Gasteiger partial charge in [-0.3, -0.25) is 10.1 Å². The molecule has 3 nitrogen and oxygen atoms in total. The number of amides is 1. The minimum atomic E-state index is -0.265. The standard InChI is InChI=1S/C11H13FN2O/c1-7-11(15)14(2)10(13-7)8-3-5-9(12)6-4-8/h3-7,10,13H,1-2H3. The van der Waals surface area contributed by atoms with Crippen LogP contribution in [0.2, 0.25) is 0 Å². The molecule has 1 aliphatic rings. The Balaban J connectivity index is 2.25. The van der Waals surface area contributed by atoms with Crippen LogP contribution in [0.5, 0.6) is 0 Å². The van der Waals surface area contributed by atoms with E-state index in [1.54, 1.807) is 24.1 Å². The van der Waals surface area contributed by atoms with Gasteiger partial charge in [0.25, 0.3) is 0 Å². The van der Waals surface area contributed by atoms with Crippen molar-refractivity contribution in [3.05, 3.63) is 35.6 Å². The van der Waals surface area contributed by atoms with Crippen LogP contribution < -0.4 is 5.32 Å². The van der Waals surface area contributed by atoms with E-state index in [1.807, 2.05) is 6.92 Å². The number of rotatable bonds is 1. The molecule has 4 heteroatoms. The molecule has 1 N–H and O–H groups in total. The number of likely N-dealkylation sites (N-methyl/N-ethyl adjacent to an activating group) is 1. The molecule has 2 unspecified atom stereocenters. The summed E-state index contributed by atoms with van der Waals surface area (Å²) in [6, 6.07) is 6.00. The van der Waals surface area contributed by atoms with E-state index in [2.05, 4.69) is 5.32 Å². The predicted octanol–water partition coefficient (Wildman–Crippen LogP) is 1.27. The van der Waals surface area contributed by atoms with Crippen molar-refractivity contribution in [2.75, 3.05) is 7.05 Å². The van der Waals surface area contributed by atoms with E-state index in [9.17, 15) is 9.18 Å². The zero-order valence-corrected chi connectivity index (χ0v) is 8.70. The predicted molar refractivity (Wildman–Crippen MR) is 54.5 cm³/mol. The molecule has 0 saturated carbocycles. The molecule has 1 saturated heterocycles. The highest BCUT2D eigenvalue weighted by Gasteiger charge is 2.34. The van der Waals surface area contributed by atoms with Gasteiger partial charge in [0.2, 0.25) is 5.91 Å². The normalized spacial score (nSPS) is 26.1. The second-order valence-corrected chi connectivity index (χ2v) is 3.79. The van der Waals surface area contributed by atoms with Gasteiger partial charge in [-0.1, -0.05) is 12.1 Å². The number of hydrogen-bond acceptors (Lipinski definition) is 2. The lowest BCUT2D eigenvalue weighted by molar-refractivity contribution is -0.128. The van der Waals surface area contributed by atoms with Crippen molar-refractivity contribution in [3.8, 4) is 0 Å². The molecule has 0 aromatic heterocycles. The van der Waals surface area contributed by atoms with E-state index in [-0.39, 0.29) is 23.9 Å². The number of halogens is 1. The van der Waals surface area contributed by atoms with Gasteiger partial charge in [0, 0.05) is 7.05 Å². The number of nitrogens with one attached hydrogen (secondary N) is 1. The highest BCUT2D eigenvalue weighted by molar-refractivity contribution is 5.83. The molecule has 1 amide bonds. The molecular weight excluding hydrogens is 195 g/mol. The van der Waals surface area contributed by atoms with E-state index >= 15 is 0 Å². The maximum absolute atomic E-state index is 12.7. The monoisotopic (exact) mass is 208 g/mol. The molecular formula is C11H13FN2O. The molecule has 0 bridgehead atoms. The summed E-state index contributed by atoms with van der Waals surface area (Å²) in [7, 11) is 1.74. The zero-order chi connectivity index (χ0) is 11.0. The molecule has 80 valence electrons. The molecule has 1 heterocycles. The molecule has 1 aliphatic heterocycles. The summed E-state index contributed by atoms with van der Waals surface area (Å²) in [5.74, 6) is -0.205. The third-order valence-corrected chi connectivity index (χ3v) is 2.70. The maximum atomic E-state index is 12.7. The third kappa shape index (κ3) is 1.72. The van der Waals surface area contributed by atoms with Crippen LogP contribution in [0, 0.1) is 5.82 Å². The molecule has 0 aliphatic carbocycles. The lowest BCUT2D eigenvalue weighted by atomic mass is 10.1. The Morgan fingerprint density at radius 2 is 1.93 bits per heavy atom. The number of hydrogen-bond donors (Lipinski definition) is 1. The third-order valence-electron chi connectivity index (χ3n) is 2.70. The summed E-state index contributed by atoms with van der Waals surface area (Å²) in [4.78, 5) is 13.2. The molecule has 1 fully saturated rings. The molecule has 0 radical (unpaired) electrons. The Kier molecular flexibility index (Phi) is 2.44. The van der Waals surface area contributed by atoms with Crippen molar-refractivity contribution >= 4 is 5.91 Å². The van der Waals surface area contributed by atoms with Crippen LogP contribution in [-0.4, -0.2) is 23.9 Å². The Morgan fingerprint density at radius 3 is 2.40 bits per heavy atom. The minimum absolute atomic E-state index is 0.0596. The average molecular weight is 208 g/mol. The van der Waals surface area contributed by atoms with Crippen molar-refractivity contribution in [3.63, 3.8) is 0 Å². The van der Waals surface area contributed by atoms with E-state index in [0.29, 0.717) is 0 Å². The van der Waals surface area contributed by atoms with Gasteiger partial charge in [0.05, 0.1) is 6.04 Å². The van der Waals surface area contributed by atoms with E-state index < -0.39 is 0 Å². The topological polar surface area (TPSA) is 32.3 Å². The second-order valence-electron chi connectivity index (χ2n) is 3.79. The molecule has 1 aromatic rings. The van der Waals surface area contributed by atoms with Crippen LogP contribution in [0.25, 0.3) is 0 Å². The number of benzene rings is 1. The average Bonchev–Trinajstić information content (AvgIpc) is 2.47. The van der Waals surface area contributed by atoms with Crippen LogP contribution in [0.1, 0.15) is 18.7 Å². The summed E-state index contributed by atoms with van der Waals surface area (Å²) >= 11 is 0. The molecule has 2 rings (SSSR count). The summed E-state index contributed by atoms with van der Waals surface area (Å²) in [5, 5.41) is 3.14. The van der Waals surface area contributed by atoms with Crippen molar-refractivity contribution in [2.45, 2.75) is 19.1 Å². The summed E-state index contributed by atoms with van der Waals surface area (Å²) < 4.78 is 12.7. The fourth-order valence-corrected chi connectivity index (χ4v) is 1.82. The van der Waals surface area contributed by atoms with Crippen molar-refractivity contribution < 1.29 is 9.18 Å². The number of carbonyl (C=O) groups excluding carboxylic acids is 1. The van der Waals surface area contributed by atoms with E-state index in [1.165, 1.54) is 12.1 Å². The van der Waals surface area contributed by atoms with Gasteiger partial charge in [0.15, 0.2) is 0 Å². The van der Waals surface area contributed by atoms with Gasteiger partial charge >= 0.3 is 0 Å². The maximum Gasteiger partial charge on any atom is 0.240 e. The van der Waals surface area contributed by atoms with Gasteiger partial charge < -0.3 is 4.90 Å². The Morgan fingerprint density at radius 1 is 1.33 bits per heavy atom. The van der Waals surface area contributed by atoms with Gasteiger partial charge in [-0.2, -0.15) is 0 Å². The van der Waals surface area contributed by atoms with Crippen molar-refractivity contribution in [2.24, 2.45) is 0 Å². The number of carbonyl (C=O) groups is 1. The SMILES string of the molecule is CC1NC(c2ccc(F)cc2)N(C)C1=O. The fraction of sp³-hybridized carbons (Fsp3) is 0.364. The first-order valence-electron chi connectivity index (χ1n) is 4.88. The molecule has 0 spiro atoms.